The van der Waals surface area contributed by atoms with Crippen LogP contribution in [0.2, 0.25) is 0 Å². The molecule has 0 radical (unpaired) electrons. The predicted octanol–water partition coefficient (Wildman–Crippen LogP) is 3.46. The van der Waals surface area contributed by atoms with Crippen LogP contribution in [0.25, 0.3) is 0 Å². The van der Waals surface area contributed by atoms with Crippen LogP contribution >= 0.6 is 0 Å². The van der Waals surface area contributed by atoms with Crippen LogP contribution in [0.4, 0.5) is 0 Å². The van der Waals surface area contributed by atoms with Crippen LogP contribution in [-0.4, -0.2) is 82.3 Å². The second-order valence-corrected chi connectivity index (χ2v) is 5.94. The Morgan fingerprint density at radius 2 is 1.36 bits per heavy atom. The standard InChI is InChI=1S/C12H25NO2.C6H12O2.2Na.2H/c1-2-3-4-5-6-7-8-9-10-11-12(14)13-15;1-4-5(2)8-6(3)7;;;;/h15H,2-11H2,1H3,(H,13,14);5H,4H2,1-3H3;;;;. The van der Waals surface area contributed by atoms with Gasteiger partial charge in [0, 0.05) is 13.3 Å². The van der Waals surface area contributed by atoms with Crippen molar-refractivity contribution >= 4 is 71.0 Å². The zero-order valence-electron chi connectivity index (χ0n) is 15.5. The fourth-order valence-electron chi connectivity index (χ4n) is 2.02. The summed E-state index contributed by atoms with van der Waals surface area (Å²) in [5.74, 6) is -0.461. The molecule has 0 heterocycles. The number of rotatable bonds is 12. The van der Waals surface area contributed by atoms with E-state index < -0.39 is 0 Å². The van der Waals surface area contributed by atoms with E-state index in [2.05, 4.69) is 6.92 Å². The third kappa shape index (κ3) is 33.0. The number of carbonyl (C=O) groups excluding carboxylic acids is 2. The average molecular weight is 379 g/mol. The molecule has 0 aromatic carbocycles. The van der Waals surface area contributed by atoms with Crippen molar-refractivity contribution in [2.45, 2.75) is 104 Å². The number of nitrogens with one attached hydrogen (secondary N) is 1. The summed E-state index contributed by atoms with van der Waals surface area (Å²) in [4.78, 5) is 20.8. The van der Waals surface area contributed by atoms with E-state index >= 15 is 0 Å². The van der Waals surface area contributed by atoms with E-state index in [1.165, 1.54) is 51.9 Å². The molecule has 1 unspecified atom stereocenters. The molecule has 0 aromatic rings. The van der Waals surface area contributed by atoms with Crippen LogP contribution in [0.5, 0.6) is 0 Å². The summed E-state index contributed by atoms with van der Waals surface area (Å²) < 4.78 is 4.76. The number of hydrogen-bond donors (Lipinski definition) is 2. The number of unbranched alkanes of at least 4 members (excludes halogenated alkanes) is 8. The van der Waals surface area contributed by atoms with Gasteiger partial charge in [0.2, 0.25) is 5.91 Å². The van der Waals surface area contributed by atoms with Gasteiger partial charge in [0.15, 0.2) is 0 Å². The first-order chi connectivity index (χ1) is 11.0. The number of amides is 1. The monoisotopic (exact) mass is 379 g/mol. The Morgan fingerprint density at radius 1 is 0.920 bits per heavy atom. The van der Waals surface area contributed by atoms with E-state index in [0.29, 0.717) is 6.42 Å². The average Bonchev–Trinajstić information content (AvgIpc) is 2.52. The topological polar surface area (TPSA) is 75.6 Å². The van der Waals surface area contributed by atoms with Gasteiger partial charge in [-0.15, -0.1) is 0 Å². The zero-order chi connectivity index (χ0) is 17.9. The van der Waals surface area contributed by atoms with Gasteiger partial charge in [-0.3, -0.25) is 14.8 Å². The Labute approximate surface area is 199 Å². The van der Waals surface area contributed by atoms with Gasteiger partial charge in [-0.1, -0.05) is 65.2 Å². The van der Waals surface area contributed by atoms with Crippen molar-refractivity contribution in [3.8, 4) is 0 Å². The summed E-state index contributed by atoms with van der Waals surface area (Å²) >= 11 is 0. The van der Waals surface area contributed by atoms with Crippen molar-refractivity contribution in [2.75, 3.05) is 0 Å². The van der Waals surface area contributed by atoms with E-state index in [0.717, 1.165) is 19.3 Å². The fraction of sp³-hybridized carbons (Fsp3) is 0.889. The van der Waals surface area contributed by atoms with Gasteiger partial charge >= 0.3 is 65.1 Å². The molecule has 0 aliphatic heterocycles. The van der Waals surface area contributed by atoms with E-state index in [1.807, 2.05) is 13.8 Å². The molecule has 0 aliphatic rings. The summed E-state index contributed by atoms with van der Waals surface area (Å²) in [7, 11) is 0. The van der Waals surface area contributed by atoms with Crippen molar-refractivity contribution in [3.05, 3.63) is 0 Å². The summed E-state index contributed by atoms with van der Waals surface area (Å²) in [5, 5.41) is 8.26. The molecule has 25 heavy (non-hydrogen) atoms. The molecule has 0 saturated carbocycles. The van der Waals surface area contributed by atoms with Crippen LogP contribution in [-0.2, 0) is 14.3 Å². The number of carbonyl (C=O) groups is 2. The molecule has 0 fully saturated rings. The number of hydroxylamine groups is 1. The van der Waals surface area contributed by atoms with Gasteiger partial charge in [-0.2, -0.15) is 0 Å². The molecule has 2 N–H and O–H groups in total. The summed E-state index contributed by atoms with van der Waals surface area (Å²) in [6.45, 7) is 7.51. The van der Waals surface area contributed by atoms with Crippen LogP contribution in [0.15, 0.2) is 0 Å². The van der Waals surface area contributed by atoms with Crippen LogP contribution in [0.3, 0.4) is 0 Å². The molecule has 0 aromatic heterocycles. The second-order valence-electron chi connectivity index (χ2n) is 5.94. The van der Waals surface area contributed by atoms with Crippen molar-refractivity contribution in [3.63, 3.8) is 0 Å². The maximum atomic E-state index is 10.7. The molecule has 5 nitrogen and oxygen atoms in total. The second kappa shape index (κ2) is 27.1. The first-order valence-electron chi connectivity index (χ1n) is 9.08. The van der Waals surface area contributed by atoms with Gasteiger partial charge in [0.25, 0.3) is 0 Å². The van der Waals surface area contributed by atoms with Crippen LogP contribution in [0.1, 0.15) is 98.3 Å². The third-order valence-electron chi connectivity index (χ3n) is 3.57. The van der Waals surface area contributed by atoms with E-state index in [9.17, 15) is 9.59 Å². The normalized spacial score (nSPS) is 10.3. The molecule has 0 bridgehead atoms. The summed E-state index contributed by atoms with van der Waals surface area (Å²) in [6, 6.07) is 0. The van der Waals surface area contributed by atoms with Gasteiger partial charge in [0.1, 0.15) is 0 Å². The quantitative estimate of drug-likeness (QED) is 0.179. The van der Waals surface area contributed by atoms with Crippen molar-refractivity contribution < 1.29 is 19.5 Å². The summed E-state index contributed by atoms with van der Waals surface area (Å²) in [5.41, 5.74) is 1.65. The molecule has 1 atom stereocenters. The van der Waals surface area contributed by atoms with Crippen LogP contribution in [0, 0.1) is 0 Å². The Balaban J connectivity index is -0.000000190. The fourth-order valence-corrected chi connectivity index (χ4v) is 2.02. The summed E-state index contributed by atoms with van der Waals surface area (Å²) in [6.07, 6.45) is 12.6. The first-order valence-corrected chi connectivity index (χ1v) is 9.08. The Morgan fingerprint density at radius 3 is 1.68 bits per heavy atom. The van der Waals surface area contributed by atoms with Crippen molar-refractivity contribution in [2.24, 2.45) is 0 Å². The number of hydrogen-bond acceptors (Lipinski definition) is 4. The van der Waals surface area contributed by atoms with Gasteiger partial charge in [-0.25, -0.2) is 5.48 Å². The molecule has 0 saturated heterocycles. The van der Waals surface area contributed by atoms with Crippen molar-refractivity contribution in [1.29, 1.82) is 0 Å². The van der Waals surface area contributed by atoms with Gasteiger partial charge in [0.05, 0.1) is 6.10 Å². The molecular weight excluding hydrogens is 340 g/mol. The molecule has 0 spiro atoms. The van der Waals surface area contributed by atoms with Crippen molar-refractivity contribution in [1.82, 2.24) is 5.48 Å². The Bertz CT molecular complexity index is 292. The third-order valence-corrected chi connectivity index (χ3v) is 3.57. The SMILES string of the molecule is CCC(C)OC(C)=O.CCCCCCCCCCCC(=O)NO.[NaH].[NaH]. The van der Waals surface area contributed by atoms with E-state index in [1.54, 1.807) is 5.48 Å². The van der Waals surface area contributed by atoms with E-state index in [-0.39, 0.29) is 77.1 Å². The molecular formula is C18H39NNa2O4. The molecule has 7 heteroatoms. The first kappa shape index (κ1) is 33.5. The van der Waals surface area contributed by atoms with Gasteiger partial charge < -0.3 is 4.74 Å². The molecule has 1 amide bonds. The number of esters is 1. The zero-order valence-corrected chi connectivity index (χ0v) is 15.5. The Hall–Kier alpha value is 0.900. The molecule has 0 rings (SSSR count). The molecule has 0 aliphatic carbocycles. The maximum absolute atomic E-state index is 10.7. The Kier molecular flexibility index (Phi) is 36.3. The minimum absolute atomic E-state index is 0. The minimum atomic E-state index is -0.266. The van der Waals surface area contributed by atoms with E-state index in [4.69, 9.17) is 9.94 Å². The predicted molar refractivity (Wildman–Crippen MR) is 108 cm³/mol. The van der Waals surface area contributed by atoms with Crippen LogP contribution < -0.4 is 5.48 Å². The number of ether oxygens (including phenoxy) is 1. The molecule has 142 valence electrons. The van der Waals surface area contributed by atoms with Gasteiger partial charge in [-0.05, 0) is 19.8 Å².